The summed E-state index contributed by atoms with van der Waals surface area (Å²) in [5.41, 5.74) is 6.14. The molecule has 42 heavy (non-hydrogen) atoms. The van der Waals surface area contributed by atoms with Gasteiger partial charge in [-0.25, -0.2) is 9.97 Å². The van der Waals surface area contributed by atoms with E-state index in [1.165, 1.54) is 12.1 Å². The predicted octanol–water partition coefficient (Wildman–Crippen LogP) is 6.25. The number of nitrogens with zero attached hydrogens (tertiary/aromatic N) is 3. The van der Waals surface area contributed by atoms with Crippen LogP contribution in [0.2, 0.25) is 0 Å². The van der Waals surface area contributed by atoms with E-state index in [0.29, 0.717) is 44.0 Å². The van der Waals surface area contributed by atoms with Gasteiger partial charge in [0.05, 0.1) is 11.3 Å². The van der Waals surface area contributed by atoms with E-state index in [1.807, 2.05) is 43.5 Å². The Hall–Kier alpha value is -4.93. The van der Waals surface area contributed by atoms with E-state index in [9.17, 15) is 22.8 Å². The highest BCUT2D eigenvalue weighted by Crippen LogP contribution is 2.32. The summed E-state index contributed by atoms with van der Waals surface area (Å²) in [6.07, 6.45) is -0.882. The van der Waals surface area contributed by atoms with Gasteiger partial charge in [0.15, 0.2) is 0 Å². The normalized spacial score (nSPS) is 14.5. The molecule has 3 heterocycles. The fourth-order valence-electron chi connectivity index (χ4n) is 5.24. The number of amides is 2. The number of anilines is 5. The van der Waals surface area contributed by atoms with Crippen molar-refractivity contribution in [3.63, 3.8) is 0 Å². The lowest BCUT2D eigenvalue weighted by atomic mass is 10.0. The third-order valence-electron chi connectivity index (χ3n) is 7.45. The molecule has 0 saturated carbocycles. The van der Waals surface area contributed by atoms with Gasteiger partial charge in [-0.1, -0.05) is 12.1 Å². The quantitative estimate of drug-likeness (QED) is 0.262. The Kier molecular flexibility index (Phi) is 7.01. The summed E-state index contributed by atoms with van der Waals surface area (Å²) in [5, 5.41) is 8.87. The van der Waals surface area contributed by atoms with Crippen molar-refractivity contribution in [1.82, 2.24) is 9.97 Å². The summed E-state index contributed by atoms with van der Waals surface area (Å²) < 4.78 is 39.3. The Morgan fingerprint density at radius 1 is 0.976 bits per heavy atom. The molecule has 11 heteroatoms. The molecule has 0 spiro atoms. The number of rotatable bonds is 5. The van der Waals surface area contributed by atoms with Gasteiger partial charge in [0, 0.05) is 66.0 Å². The van der Waals surface area contributed by atoms with Gasteiger partial charge >= 0.3 is 6.18 Å². The topological polar surface area (TPSA) is 99.3 Å². The van der Waals surface area contributed by atoms with Crippen LogP contribution in [0.15, 0.2) is 66.9 Å². The van der Waals surface area contributed by atoms with Crippen molar-refractivity contribution in [3.8, 4) is 0 Å². The van der Waals surface area contributed by atoms with Crippen LogP contribution in [0.5, 0.6) is 0 Å². The third-order valence-corrected chi connectivity index (χ3v) is 7.45. The molecule has 6 rings (SSSR count). The Balaban J connectivity index is 1.15. The van der Waals surface area contributed by atoms with E-state index >= 15 is 0 Å². The molecule has 214 valence electrons. The van der Waals surface area contributed by atoms with Crippen molar-refractivity contribution in [1.29, 1.82) is 0 Å². The Morgan fingerprint density at radius 3 is 2.64 bits per heavy atom. The number of aromatic nitrogens is 2. The molecule has 0 unspecified atom stereocenters. The van der Waals surface area contributed by atoms with E-state index < -0.39 is 17.6 Å². The van der Waals surface area contributed by atoms with Gasteiger partial charge in [0.2, 0.25) is 11.9 Å². The Labute approximate surface area is 240 Å². The summed E-state index contributed by atoms with van der Waals surface area (Å²) in [6, 6.07) is 15.6. The number of benzene rings is 3. The molecular weight excluding hydrogens is 545 g/mol. The summed E-state index contributed by atoms with van der Waals surface area (Å²) >= 11 is 0. The van der Waals surface area contributed by atoms with Crippen LogP contribution in [-0.2, 0) is 30.4 Å². The van der Waals surface area contributed by atoms with E-state index in [0.717, 1.165) is 51.6 Å². The molecule has 8 nitrogen and oxygen atoms in total. The van der Waals surface area contributed by atoms with Crippen LogP contribution in [0.3, 0.4) is 0 Å². The fourth-order valence-corrected chi connectivity index (χ4v) is 5.24. The highest BCUT2D eigenvalue weighted by molar-refractivity contribution is 6.04. The Morgan fingerprint density at radius 2 is 1.81 bits per heavy atom. The summed E-state index contributed by atoms with van der Waals surface area (Å²) in [5.74, 6) is -0.0911. The Bertz CT molecular complexity index is 1700. The number of carbonyl (C=O) groups excluding carboxylic acids is 2. The predicted molar refractivity (Wildman–Crippen MR) is 154 cm³/mol. The first-order valence-electron chi connectivity index (χ1n) is 13.5. The van der Waals surface area contributed by atoms with Crippen molar-refractivity contribution in [2.45, 2.75) is 38.9 Å². The molecule has 0 fully saturated rings. The van der Waals surface area contributed by atoms with Crippen molar-refractivity contribution < 1.29 is 22.8 Å². The van der Waals surface area contributed by atoms with Crippen LogP contribution < -0.4 is 20.9 Å². The molecular formula is C31H27F3N6O2. The monoisotopic (exact) mass is 572 g/mol. The number of aryl methyl sites for hydroxylation is 2. The van der Waals surface area contributed by atoms with Crippen molar-refractivity contribution in [2.75, 3.05) is 27.4 Å². The van der Waals surface area contributed by atoms with Crippen LogP contribution in [0.1, 0.15) is 44.7 Å². The molecule has 0 aliphatic carbocycles. The van der Waals surface area contributed by atoms with Crippen LogP contribution in [-0.4, -0.2) is 28.3 Å². The lowest BCUT2D eigenvalue weighted by Crippen LogP contribution is -2.32. The van der Waals surface area contributed by atoms with Gasteiger partial charge in [0.1, 0.15) is 0 Å². The summed E-state index contributed by atoms with van der Waals surface area (Å²) in [6.45, 7) is 3.23. The molecule has 3 N–H and O–H groups in total. The second-order valence-electron chi connectivity index (χ2n) is 10.4. The SMILES string of the molecule is Cc1ccc(NC(=O)c2cccc(C(F)(F)F)c2)cc1N1CCc2nc(Nc3ccc4c(c3)CCC(=O)N4)ncc2C1. The van der Waals surface area contributed by atoms with Gasteiger partial charge in [-0.3, -0.25) is 9.59 Å². The van der Waals surface area contributed by atoms with Crippen LogP contribution in [0.4, 0.5) is 41.9 Å². The maximum absolute atomic E-state index is 13.1. The molecule has 0 bridgehead atoms. The zero-order valence-electron chi connectivity index (χ0n) is 22.7. The molecule has 0 saturated heterocycles. The molecule has 3 aromatic carbocycles. The maximum atomic E-state index is 13.1. The van der Waals surface area contributed by atoms with Crippen molar-refractivity contribution in [3.05, 3.63) is 100 Å². The van der Waals surface area contributed by atoms with E-state index in [4.69, 9.17) is 4.98 Å². The average molecular weight is 573 g/mol. The molecule has 2 aliphatic rings. The number of hydrogen-bond donors (Lipinski definition) is 3. The minimum absolute atomic E-state index is 0.0251. The first-order chi connectivity index (χ1) is 20.1. The van der Waals surface area contributed by atoms with E-state index in [-0.39, 0.29) is 11.5 Å². The van der Waals surface area contributed by atoms with Gasteiger partial charge < -0.3 is 20.9 Å². The maximum Gasteiger partial charge on any atom is 0.416 e. The lowest BCUT2D eigenvalue weighted by Gasteiger charge is -2.31. The smallest absolute Gasteiger partial charge is 0.366 e. The van der Waals surface area contributed by atoms with Crippen LogP contribution >= 0.6 is 0 Å². The number of alkyl halides is 3. The third kappa shape index (κ3) is 5.76. The second kappa shape index (κ2) is 10.8. The van der Waals surface area contributed by atoms with Crippen molar-refractivity contribution >= 4 is 40.5 Å². The summed E-state index contributed by atoms with van der Waals surface area (Å²) in [7, 11) is 0. The molecule has 4 aromatic rings. The minimum Gasteiger partial charge on any atom is -0.366 e. The van der Waals surface area contributed by atoms with Gasteiger partial charge in [-0.2, -0.15) is 13.2 Å². The largest absolute Gasteiger partial charge is 0.416 e. The zero-order valence-corrected chi connectivity index (χ0v) is 22.7. The molecule has 0 radical (unpaired) electrons. The number of hydrogen-bond acceptors (Lipinski definition) is 6. The van der Waals surface area contributed by atoms with Crippen LogP contribution in [0.25, 0.3) is 0 Å². The first kappa shape index (κ1) is 27.3. The molecule has 2 amide bonds. The van der Waals surface area contributed by atoms with Crippen molar-refractivity contribution in [2.24, 2.45) is 0 Å². The number of nitrogens with one attached hydrogen (secondary N) is 3. The van der Waals surface area contributed by atoms with Gasteiger partial charge in [-0.15, -0.1) is 0 Å². The highest BCUT2D eigenvalue weighted by Gasteiger charge is 2.31. The number of carbonyl (C=O) groups is 2. The molecule has 1 aromatic heterocycles. The zero-order chi connectivity index (χ0) is 29.4. The molecule has 2 aliphatic heterocycles. The minimum atomic E-state index is -4.53. The number of halogens is 3. The van der Waals surface area contributed by atoms with E-state index in [2.05, 4.69) is 25.8 Å². The fraction of sp³-hybridized carbons (Fsp3) is 0.226. The highest BCUT2D eigenvalue weighted by atomic mass is 19.4. The molecule has 0 atom stereocenters. The standard InChI is InChI=1S/C31H27F3N6O2/c1-18-5-7-24(36-29(42)20-3-2-4-22(13-20)31(32,33)34)15-27(18)40-12-11-26-21(17-40)16-35-30(39-26)37-23-8-9-25-19(14-23)6-10-28(41)38-25/h2-5,7-9,13-16H,6,10-12,17H2,1H3,(H,36,42)(H,38,41)(H,35,37,39). The van der Waals surface area contributed by atoms with Gasteiger partial charge in [0.25, 0.3) is 5.91 Å². The van der Waals surface area contributed by atoms with Crippen LogP contribution in [0, 0.1) is 6.92 Å². The second-order valence-corrected chi connectivity index (χ2v) is 10.4. The van der Waals surface area contributed by atoms with E-state index in [1.54, 1.807) is 6.07 Å². The first-order valence-corrected chi connectivity index (χ1v) is 13.5. The summed E-state index contributed by atoms with van der Waals surface area (Å²) in [4.78, 5) is 35.8. The lowest BCUT2D eigenvalue weighted by molar-refractivity contribution is -0.137. The van der Waals surface area contributed by atoms with Gasteiger partial charge in [-0.05, 0) is 73.0 Å². The number of fused-ring (bicyclic) bond motifs is 2. The average Bonchev–Trinajstić information content (AvgIpc) is 2.97.